The smallest absolute Gasteiger partial charge is 0.251 e. The maximum Gasteiger partial charge on any atom is 0.251 e. The molecule has 45 heavy (non-hydrogen) atoms. The van der Waals surface area contributed by atoms with E-state index in [0.29, 0.717) is 62.0 Å². The van der Waals surface area contributed by atoms with Crippen LogP contribution in [-0.2, 0) is 19.2 Å². The molecule has 0 bridgehead atoms. The van der Waals surface area contributed by atoms with Gasteiger partial charge in [-0.2, -0.15) is 0 Å². The van der Waals surface area contributed by atoms with Gasteiger partial charge >= 0.3 is 0 Å². The number of carbonyl (C=O) groups excluding carboxylic acids is 5. The molecule has 0 saturated carbocycles. The number of aliphatic imine (C=N–C) groups is 1. The number of nitrogens with one attached hydrogen (secondary N) is 6. The predicted molar refractivity (Wildman–Crippen MR) is 169 cm³/mol. The molecule has 1 heterocycles. The summed E-state index contributed by atoms with van der Waals surface area (Å²) in [6.07, 6.45) is 1.88. The fourth-order valence-corrected chi connectivity index (χ4v) is 4.60. The summed E-state index contributed by atoms with van der Waals surface area (Å²) < 4.78 is 0. The molecule has 2 aromatic carbocycles. The van der Waals surface area contributed by atoms with Gasteiger partial charge < -0.3 is 43.8 Å². The highest BCUT2D eigenvalue weighted by molar-refractivity contribution is 6.02. The van der Waals surface area contributed by atoms with Gasteiger partial charge in [-0.25, -0.2) is 0 Å². The fraction of sp³-hybridized carbons (Fsp3) is 0.367. The van der Waals surface area contributed by atoms with Crippen molar-refractivity contribution in [3.8, 4) is 0 Å². The van der Waals surface area contributed by atoms with Crippen LogP contribution in [0.15, 0.2) is 59.6 Å². The summed E-state index contributed by atoms with van der Waals surface area (Å²) in [4.78, 5) is 67.2. The van der Waals surface area contributed by atoms with Gasteiger partial charge in [0.2, 0.25) is 23.6 Å². The van der Waals surface area contributed by atoms with E-state index < -0.39 is 35.8 Å². The third kappa shape index (κ3) is 11.3. The number of hydrogen-bond acceptors (Lipinski definition) is 7. The Hall–Kier alpha value is -5.47. The van der Waals surface area contributed by atoms with Crippen molar-refractivity contribution in [2.24, 2.45) is 22.2 Å². The molecule has 12 N–H and O–H groups in total. The molecule has 15 heteroatoms. The third-order valence-corrected chi connectivity index (χ3v) is 6.93. The van der Waals surface area contributed by atoms with E-state index in [1.54, 1.807) is 48.5 Å². The standard InChI is InChI=1S/C30H40N10O5/c31-25(32)19-10-6-11-20(16-19)37-24(41)17-23-29(45)39-22(28(44)40-23)12-4-5-14-35-27(43)21(13-7-15-36-30(33)34)38-26(42)18-8-2-1-3-9-18/h1-3,6,8-11,16,21-23H,4-5,7,12-15,17H2,(H3,31,32)(H,35,43)(H,37,41)(H,38,42)(H,39,45)(H,40,44)(H4,33,34,36)/t21-,22-,23-/m0/s1. The summed E-state index contributed by atoms with van der Waals surface area (Å²) in [6, 6.07) is 12.4. The first-order valence-electron chi connectivity index (χ1n) is 14.6. The van der Waals surface area contributed by atoms with Crippen LogP contribution < -0.4 is 43.8 Å². The summed E-state index contributed by atoms with van der Waals surface area (Å²) in [5.41, 5.74) is 17.5. The normalized spacial score (nSPS) is 16.4. The molecule has 0 spiro atoms. The number of benzene rings is 2. The topological polar surface area (TPSA) is 260 Å². The molecule has 1 saturated heterocycles. The lowest BCUT2D eigenvalue weighted by Crippen LogP contribution is -2.62. The first kappa shape index (κ1) is 34.0. The quantitative estimate of drug-likeness (QED) is 0.0664. The van der Waals surface area contributed by atoms with Crippen LogP contribution in [0.1, 0.15) is 54.4 Å². The molecule has 0 aromatic heterocycles. The molecule has 5 amide bonds. The number of hydrogen-bond donors (Lipinski definition) is 9. The Balaban J connectivity index is 1.41. The van der Waals surface area contributed by atoms with Gasteiger partial charge in [0.25, 0.3) is 5.91 Å². The number of guanidine groups is 1. The first-order chi connectivity index (χ1) is 21.5. The van der Waals surface area contributed by atoms with Gasteiger partial charge in [-0.15, -0.1) is 0 Å². The minimum atomic E-state index is -1.03. The molecule has 240 valence electrons. The summed E-state index contributed by atoms with van der Waals surface area (Å²) in [7, 11) is 0. The van der Waals surface area contributed by atoms with Crippen LogP contribution >= 0.6 is 0 Å². The number of carbonyl (C=O) groups is 5. The molecule has 0 aliphatic carbocycles. The van der Waals surface area contributed by atoms with Crippen LogP contribution in [-0.4, -0.2) is 72.5 Å². The van der Waals surface area contributed by atoms with E-state index in [9.17, 15) is 24.0 Å². The molecule has 1 fully saturated rings. The van der Waals surface area contributed by atoms with E-state index in [0.717, 1.165) is 0 Å². The van der Waals surface area contributed by atoms with Crippen molar-refractivity contribution in [2.45, 2.75) is 56.7 Å². The number of nitrogens with zero attached hydrogens (tertiary/aromatic N) is 1. The zero-order valence-corrected chi connectivity index (χ0v) is 24.8. The minimum absolute atomic E-state index is 0.0543. The van der Waals surface area contributed by atoms with E-state index in [1.165, 1.54) is 6.07 Å². The van der Waals surface area contributed by atoms with Crippen molar-refractivity contribution in [3.05, 3.63) is 65.7 Å². The van der Waals surface area contributed by atoms with Crippen LogP contribution in [0, 0.1) is 5.41 Å². The number of unbranched alkanes of at least 4 members (excludes halogenated alkanes) is 1. The molecule has 1 aliphatic heterocycles. The van der Waals surface area contributed by atoms with Gasteiger partial charge in [0.05, 0.1) is 6.42 Å². The molecule has 3 atom stereocenters. The van der Waals surface area contributed by atoms with Crippen molar-refractivity contribution < 1.29 is 24.0 Å². The van der Waals surface area contributed by atoms with Gasteiger partial charge in [-0.3, -0.25) is 34.4 Å². The second-order valence-corrected chi connectivity index (χ2v) is 10.5. The van der Waals surface area contributed by atoms with Crippen LogP contribution in [0.4, 0.5) is 5.69 Å². The Kier molecular flexibility index (Phi) is 12.8. The minimum Gasteiger partial charge on any atom is -0.384 e. The van der Waals surface area contributed by atoms with Gasteiger partial charge in [0.15, 0.2) is 5.96 Å². The lowest BCUT2D eigenvalue weighted by molar-refractivity contribution is -0.138. The average molecular weight is 621 g/mol. The highest BCUT2D eigenvalue weighted by Gasteiger charge is 2.34. The predicted octanol–water partition coefficient (Wildman–Crippen LogP) is -0.579. The summed E-state index contributed by atoms with van der Waals surface area (Å²) >= 11 is 0. The second kappa shape index (κ2) is 17.0. The molecule has 2 aromatic rings. The molecular weight excluding hydrogens is 580 g/mol. The number of amidine groups is 1. The lowest BCUT2D eigenvalue weighted by Gasteiger charge is -2.29. The van der Waals surface area contributed by atoms with E-state index in [2.05, 4.69) is 31.6 Å². The van der Waals surface area contributed by atoms with Crippen molar-refractivity contribution in [3.63, 3.8) is 0 Å². The number of rotatable bonds is 16. The zero-order chi connectivity index (χ0) is 32.8. The Morgan fingerprint density at radius 1 is 0.889 bits per heavy atom. The number of amides is 5. The molecule has 0 radical (unpaired) electrons. The maximum absolute atomic E-state index is 12.9. The maximum atomic E-state index is 12.9. The van der Waals surface area contributed by atoms with Crippen LogP contribution in [0.2, 0.25) is 0 Å². The monoisotopic (exact) mass is 620 g/mol. The highest BCUT2D eigenvalue weighted by Crippen LogP contribution is 2.13. The van der Waals surface area contributed by atoms with E-state index in [4.69, 9.17) is 22.6 Å². The molecule has 15 nitrogen and oxygen atoms in total. The SMILES string of the molecule is N=C(N)c1cccc(NC(=O)C[C@@H]2NC(=O)[C@H](CCCCNC(=O)[C@H](CCCN=C(N)N)NC(=O)c3ccccc3)NC2=O)c1. The van der Waals surface area contributed by atoms with Crippen molar-refractivity contribution in [2.75, 3.05) is 18.4 Å². The Morgan fingerprint density at radius 3 is 2.29 bits per heavy atom. The van der Waals surface area contributed by atoms with Gasteiger partial charge in [-0.1, -0.05) is 30.3 Å². The molecule has 3 rings (SSSR count). The number of piperazine rings is 1. The number of nitrogen functional groups attached to an aromatic ring is 1. The van der Waals surface area contributed by atoms with Crippen molar-refractivity contribution >= 4 is 47.0 Å². The van der Waals surface area contributed by atoms with Crippen molar-refractivity contribution in [1.29, 1.82) is 5.41 Å². The van der Waals surface area contributed by atoms with Crippen LogP contribution in [0.5, 0.6) is 0 Å². The highest BCUT2D eigenvalue weighted by atomic mass is 16.2. The zero-order valence-electron chi connectivity index (χ0n) is 24.8. The number of anilines is 1. The second-order valence-electron chi connectivity index (χ2n) is 10.5. The molecular formula is C30H40N10O5. The molecule has 0 unspecified atom stereocenters. The van der Waals surface area contributed by atoms with E-state index in [1.807, 2.05) is 0 Å². The number of nitrogens with two attached hydrogens (primary N) is 3. The van der Waals surface area contributed by atoms with Crippen LogP contribution in [0.3, 0.4) is 0 Å². The largest absolute Gasteiger partial charge is 0.384 e. The van der Waals surface area contributed by atoms with E-state index in [-0.39, 0.29) is 30.0 Å². The first-order valence-corrected chi connectivity index (χ1v) is 14.6. The summed E-state index contributed by atoms with van der Waals surface area (Å²) in [5.74, 6) is -2.30. The third-order valence-electron chi connectivity index (χ3n) is 6.93. The fourth-order valence-electron chi connectivity index (χ4n) is 4.60. The van der Waals surface area contributed by atoms with Gasteiger partial charge in [-0.05, 0) is 56.4 Å². The van der Waals surface area contributed by atoms with Crippen LogP contribution in [0.25, 0.3) is 0 Å². The van der Waals surface area contributed by atoms with Crippen molar-refractivity contribution in [1.82, 2.24) is 21.3 Å². The van der Waals surface area contributed by atoms with Gasteiger partial charge in [0.1, 0.15) is 24.0 Å². The van der Waals surface area contributed by atoms with E-state index >= 15 is 0 Å². The Bertz CT molecular complexity index is 1410. The average Bonchev–Trinajstić information content (AvgIpc) is 3.00. The lowest BCUT2D eigenvalue weighted by atomic mass is 10.0. The molecule has 1 aliphatic rings. The summed E-state index contributed by atoms with van der Waals surface area (Å²) in [5, 5.41) is 21.0. The van der Waals surface area contributed by atoms with Gasteiger partial charge in [0, 0.05) is 29.9 Å². The Morgan fingerprint density at radius 2 is 1.58 bits per heavy atom. The Labute approximate surface area is 260 Å². The summed E-state index contributed by atoms with van der Waals surface area (Å²) in [6.45, 7) is 0.601.